The summed E-state index contributed by atoms with van der Waals surface area (Å²) in [6, 6.07) is 16.5. The summed E-state index contributed by atoms with van der Waals surface area (Å²) in [6.45, 7) is -0.116. The lowest BCUT2D eigenvalue weighted by Crippen LogP contribution is -2.13. The van der Waals surface area contributed by atoms with Crippen LogP contribution in [0.4, 0.5) is 0 Å². The molecule has 0 fully saturated rings. The number of carbonyl (C=O) groups is 2. The molecular weight excluding hydrogens is 332 g/mol. The first-order valence-electron chi connectivity index (χ1n) is 8.09. The lowest BCUT2D eigenvalue weighted by atomic mass is 10.2. The van der Waals surface area contributed by atoms with Crippen molar-refractivity contribution >= 4 is 33.6 Å². The van der Waals surface area contributed by atoms with Crippen molar-refractivity contribution in [3.63, 3.8) is 0 Å². The fourth-order valence-electron chi connectivity index (χ4n) is 2.92. The first kappa shape index (κ1) is 16.1. The van der Waals surface area contributed by atoms with Gasteiger partial charge < -0.3 is 19.4 Å². The van der Waals surface area contributed by atoms with Crippen LogP contribution in [-0.2, 0) is 9.53 Å². The summed E-state index contributed by atoms with van der Waals surface area (Å²) >= 11 is 0. The minimum absolute atomic E-state index is 0.116. The highest BCUT2D eigenvalue weighted by Gasteiger charge is 2.15. The smallest absolute Gasteiger partial charge is 0.337 e. The zero-order valence-electron chi connectivity index (χ0n) is 14.0. The number of H-pyrrole nitrogens is 2. The first-order chi connectivity index (χ1) is 12.6. The molecule has 2 heterocycles. The first-order valence-corrected chi connectivity index (χ1v) is 8.09. The Bertz CT molecular complexity index is 1090. The fraction of sp³-hybridized carbons (Fsp3) is 0.100. The third kappa shape index (κ3) is 2.98. The van der Waals surface area contributed by atoms with Crippen LogP contribution in [-0.4, -0.2) is 35.4 Å². The molecule has 0 saturated carbocycles. The zero-order chi connectivity index (χ0) is 18.1. The largest absolute Gasteiger partial charge is 0.425 e. The van der Waals surface area contributed by atoms with Crippen molar-refractivity contribution in [3.8, 4) is 5.75 Å². The number of rotatable bonds is 5. The van der Waals surface area contributed by atoms with Gasteiger partial charge >= 0.3 is 5.97 Å². The van der Waals surface area contributed by atoms with Crippen LogP contribution in [0.15, 0.2) is 54.6 Å². The Labute approximate surface area is 148 Å². The van der Waals surface area contributed by atoms with Gasteiger partial charge in [0.15, 0.2) is 0 Å². The molecule has 0 aliphatic rings. The minimum Gasteiger partial charge on any atom is -0.425 e. The Morgan fingerprint density at radius 3 is 2.31 bits per heavy atom. The van der Waals surface area contributed by atoms with Gasteiger partial charge in [0.25, 0.3) is 0 Å². The van der Waals surface area contributed by atoms with E-state index in [0.29, 0.717) is 17.1 Å². The molecule has 6 heteroatoms. The topological polar surface area (TPSA) is 84.2 Å². The van der Waals surface area contributed by atoms with Crippen LogP contribution in [0.25, 0.3) is 21.8 Å². The lowest BCUT2D eigenvalue weighted by Gasteiger charge is -2.03. The maximum Gasteiger partial charge on any atom is 0.337 e. The average molecular weight is 348 g/mol. The number of carbonyl (C=O) groups excluding carboxylic acids is 2. The van der Waals surface area contributed by atoms with E-state index < -0.39 is 5.97 Å². The molecule has 2 aromatic carbocycles. The highest BCUT2D eigenvalue weighted by atomic mass is 16.6. The number of ether oxygens (including phenoxy) is 2. The summed E-state index contributed by atoms with van der Waals surface area (Å²) in [6.07, 6.45) is 0. The summed E-state index contributed by atoms with van der Waals surface area (Å²) in [7, 11) is 1.43. The molecule has 0 atom stereocenters. The Morgan fingerprint density at radius 2 is 1.58 bits per heavy atom. The molecule has 6 nitrogen and oxygen atoms in total. The van der Waals surface area contributed by atoms with Crippen molar-refractivity contribution in [2.45, 2.75) is 0 Å². The number of aromatic nitrogens is 2. The molecule has 26 heavy (non-hydrogen) atoms. The molecule has 0 saturated heterocycles. The fourth-order valence-corrected chi connectivity index (χ4v) is 2.92. The highest BCUT2D eigenvalue weighted by Crippen LogP contribution is 2.24. The molecule has 0 aliphatic heterocycles. The second kappa shape index (κ2) is 6.50. The van der Waals surface area contributed by atoms with Gasteiger partial charge in [0.2, 0.25) is 5.78 Å². The van der Waals surface area contributed by atoms with Gasteiger partial charge in [-0.3, -0.25) is 4.79 Å². The van der Waals surface area contributed by atoms with Gasteiger partial charge in [-0.05, 0) is 36.4 Å². The van der Waals surface area contributed by atoms with Crippen molar-refractivity contribution in [1.29, 1.82) is 0 Å². The molecule has 0 spiro atoms. The average Bonchev–Trinajstić information content (AvgIpc) is 3.24. The number of esters is 1. The second-order valence-electron chi connectivity index (χ2n) is 5.94. The minimum atomic E-state index is -0.475. The summed E-state index contributed by atoms with van der Waals surface area (Å²) in [5, 5.41) is 1.77. The van der Waals surface area contributed by atoms with Gasteiger partial charge in [0.05, 0.1) is 11.4 Å². The van der Waals surface area contributed by atoms with Gasteiger partial charge in [-0.1, -0.05) is 18.2 Å². The highest BCUT2D eigenvalue weighted by molar-refractivity contribution is 6.11. The standard InChI is InChI=1S/C20H16N2O4/c1-25-11-19(23)26-14-6-7-16-13(8-14)10-18(22-16)20(24)17-9-12-4-2-3-5-15(12)21-17/h2-10,21-22H,11H2,1H3. The summed E-state index contributed by atoms with van der Waals surface area (Å²) in [4.78, 5) is 30.5. The molecule has 130 valence electrons. The molecule has 4 aromatic rings. The number of benzene rings is 2. The van der Waals surface area contributed by atoms with Crippen LogP contribution in [0, 0.1) is 0 Å². The van der Waals surface area contributed by atoms with Crippen molar-refractivity contribution < 1.29 is 19.1 Å². The van der Waals surface area contributed by atoms with E-state index in [1.54, 1.807) is 24.3 Å². The van der Waals surface area contributed by atoms with E-state index >= 15 is 0 Å². The lowest BCUT2D eigenvalue weighted by molar-refractivity contribution is -0.138. The Balaban J connectivity index is 1.64. The molecule has 0 unspecified atom stereocenters. The van der Waals surface area contributed by atoms with Crippen LogP contribution in [0.3, 0.4) is 0 Å². The molecule has 0 radical (unpaired) electrons. The molecular formula is C20H16N2O4. The number of para-hydroxylation sites is 1. The van der Waals surface area contributed by atoms with Gasteiger partial charge in [-0.2, -0.15) is 0 Å². The second-order valence-corrected chi connectivity index (χ2v) is 5.94. The van der Waals surface area contributed by atoms with Crippen LogP contribution < -0.4 is 4.74 Å². The summed E-state index contributed by atoms with van der Waals surface area (Å²) < 4.78 is 9.93. The van der Waals surface area contributed by atoms with E-state index in [1.807, 2.05) is 30.3 Å². The predicted molar refractivity (Wildman–Crippen MR) is 97.5 cm³/mol. The maximum atomic E-state index is 12.8. The van der Waals surface area contributed by atoms with Crippen LogP contribution in [0.1, 0.15) is 16.2 Å². The van der Waals surface area contributed by atoms with Crippen LogP contribution in [0.5, 0.6) is 5.75 Å². The Hall–Kier alpha value is -3.38. The van der Waals surface area contributed by atoms with Gasteiger partial charge in [0, 0.05) is 28.9 Å². The van der Waals surface area contributed by atoms with E-state index in [2.05, 4.69) is 9.97 Å². The Morgan fingerprint density at radius 1 is 0.885 bits per heavy atom. The molecule has 0 bridgehead atoms. The quantitative estimate of drug-likeness (QED) is 0.329. The van der Waals surface area contributed by atoms with E-state index in [9.17, 15) is 9.59 Å². The number of ketones is 1. The third-order valence-corrected chi connectivity index (χ3v) is 4.11. The summed E-state index contributed by atoms with van der Waals surface area (Å²) in [5.74, 6) is -0.199. The van der Waals surface area contributed by atoms with E-state index in [-0.39, 0.29) is 12.4 Å². The van der Waals surface area contributed by atoms with Crippen molar-refractivity contribution in [2.75, 3.05) is 13.7 Å². The summed E-state index contributed by atoms with van der Waals surface area (Å²) in [5.41, 5.74) is 2.69. The Kier molecular flexibility index (Phi) is 4.02. The number of nitrogens with one attached hydrogen (secondary N) is 2. The van der Waals surface area contributed by atoms with E-state index in [0.717, 1.165) is 21.8 Å². The molecule has 4 rings (SSSR count). The van der Waals surface area contributed by atoms with Gasteiger partial charge in [0.1, 0.15) is 12.4 Å². The van der Waals surface area contributed by atoms with Gasteiger partial charge in [-0.15, -0.1) is 0 Å². The van der Waals surface area contributed by atoms with Gasteiger partial charge in [-0.25, -0.2) is 4.79 Å². The van der Waals surface area contributed by atoms with E-state index in [4.69, 9.17) is 9.47 Å². The molecule has 0 amide bonds. The zero-order valence-corrected chi connectivity index (χ0v) is 14.0. The molecule has 0 aliphatic carbocycles. The normalized spacial score (nSPS) is 11.1. The number of aromatic amines is 2. The number of hydrogen-bond acceptors (Lipinski definition) is 4. The van der Waals surface area contributed by atoms with E-state index in [1.165, 1.54) is 7.11 Å². The monoisotopic (exact) mass is 348 g/mol. The number of methoxy groups -OCH3 is 1. The van der Waals surface area contributed by atoms with Crippen molar-refractivity contribution in [2.24, 2.45) is 0 Å². The predicted octanol–water partition coefficient (Wildman–Crippen LogP) is 3.43. The SMILES string of the molecule is COCC(=O)Oc1ccc2[nH]c(C(=O)c3cc4ccccc4[nH]3)cc2c1. The third-order valence-electron chi connectivity index (χ3n) is 4.11. The molecule has 2 N–H and O–H groups in total. The number of hydrogen-bond donors (Lipinski definition) is 2. The molecule has 2 aromatic heterocycles. The maximum absolute atomic E-state index is 12.8. The number of fused-ring (bicyclic) bond motifs is 2. The van der Waals surface area contributed by atoms with Crippen molar-refractivity contribution in [3.05, 3.63) is 66.0 Å². The van der Waals surface area contributed by atoms with Crippen LogP contribution in [0.2, 0.25) is 0 Å². The van der Waals surface area contributed by atoms with Crippen LogP contribution >= 0.6 is 0 Å². The van der Waals surface area contributed by atoms with Crippen molar-refractivity contribution in [1.82, 2.24) is 9.97 Å².